The van der Waals surface area contributed by atoms with Crippen LogP contribution in [0.1, 0.15) is 5.69 Å². The molecule has 4 rings (SSSR count). The highest BCUT2D eigenvalue weighted by Gasteiger charge is 2.07. The van der Waals surface area contributed by atoms with E-state index < -0.39 is 0 Å². The van der Waals surface area contributed by atoms with Gasteiger partial charge in [-0.1, -0.05) is 18.2 Å². The molecule has 0 bridgehead atoms. The van der Waals surface area contributed by atoms with E-state index in [0.717, 1.165) is 33.6 Å². The highest BCUT2D eigenvalue weighted by atomic mass is 16.5. The van der Waals surface area contributed by atoms with E-state index >= 15 is 0 Å². The lowest BCUT2D eigenvalue weighted by Gasteiger charge is -2.08. The summed E-state index contributed by atoms with van der Waals surface area (Å²) in [5.41, 5.74) is 3.57. The number of carbonyl (C=O) groups excluding carboxylic acids is 1. The van der Waals surface area contributed by atoms with E-state index in [1.165, 1.54) is 6.33 Å². The van der Waals surface area contributed by atoms with Gasteiger partial charge >= 0.3 is 0 Å². The normalized spacial score (nSPS) is 10.8. The Kier molecular flexibility index (Phi) is 5.01. The third kappa shape index (κ3) is 3.86. The van der Waals surface area contributed by atoms with Gasteiger partial charge in [-0.3, -0.25) is 4.79 Å². The Morgan fingerprint density at radius 1 is 1.07 bits per heavy atom. The lowest BCUT2D eigenvalue weighted by molar-refractivity contribution is -0.121. The zero-order valence-electron chi connectivity index (χ0n) is 15.5. The summed E-state index contributed by atoms with van der Waals surface area (Å²) in [4.78, 5) is 20.9. The molecule has 0 fully saturated rings. The maximum absolute atomic E-state index is 12.4. The minimum atomic E-state index is -0.0639. The molecule has 0 saturated carbocycles. The van der Waals surface area contributed by atoms with Crippen LogP contribution in [0.15, 0.2) is 73.2 Å². The molecule has 140 valence electrons. The van der Waals surface area contributed by atoms with Gasteiger partial charge in [0.25, 0.3) is 0 Å². The van der Waals surface area contributed by atoms with Crippen molar-refractivity contribution in [3.8, 4) is 17.0 Å². The van der Waals surface area contributed by atoms with Crippen LogP contribution in [0.4, 0.5) is 0 Å². The van der Waals surface area contributed by atoms with Gasteiger partial charge in [0, 0.05) is 17.3 Å². The molecule has 1 amide bonds. The second-order valence-corrected chi connectivity index (χ2v) is 6.40. The third-order valence-electron chi connectivity index (χ3n) is 4.57. The zero-order valence-corrected chi connectivity index (χ0v) is 15.5. The van der Waals surface area contributed by atoms with Gasteiger partial charge < -0.3 is 14.6 Å². The van der Waals surface area contributed by atoms with Crippen molar-refractivity contribution in [2.45, 2.75) is 13.1 Å². The number of nitrogens with one attached hydrogen (secondary N) is 1. The van der Waals surface area contributed by atoms with Crippen molar-refractivity contribution in [3.05, 3.63) is 78.9 Å². The molecule has 0 aliphatic carbocycles. The first-order valence-electron chi connectivity index (χ1n) is 8.99. The zero-order chi connectivity index (χ0) is 19.3. The first kappa shape index (κ1) is 17.7. The number of benzene rings is 2. The molecule has 1 N–H and O–H groups in total. The standard InChI is InChI=1S/C22H20N4O2/c1-28-19-8-6-16(7-9-19)20-12-18(24-15-25-20)13-23-22(27)14-26-11-10-17-4-2-3-5-21(17)26/h2-12,15H,13-14H2,1H3,(H,23,27). The van der Waals surface area contributed by atoms with Crippen LogP contribution in [0.2, 0.25) is 0 Å². The van der Waals surface area contributed by atoms with E-state index in [1.54, 1.807) is 7.11 Å². The van der Waals surface area contributed by atoms with Crippen LogP contribution in [-0.2, 0) is 17.9 Å². The lowest BCUT2D eigenvalue weighted by Crippen LogP contribution is -2.27. The Labute approximate surface area is 162 Å². The van der Waals surface area contributed by atoms with Crippen LogP contribution in [0.3, 0.4) is 0 Å². The van der Waals surface area contributed by atoms with Crippen molar-refractivity contribution in [3.63, 3.8) is 0 Å². The van der Waals surface area contributed by atoms with Crippen LogP contribution < -0.4 is 10.1 Å². The fourth-order valence-corrected chi connectivity index (χ4v) is 3.09. The van der Waals surface area contributed by atoms with E-state index in [9.17, 15) is 4.79 Å². The molecule has 0 atom stereocenters. The molecule has 0 unspecified atom stereocenters. The van der Waals surface area contributed by atoms with Crippen LogP contribution >= 0.6 is 0 Å². The Morgan fingerprint density at radius 2 is 1.89 bits per heavy atom. The van der Waals surface area contributed by atoms with Gasteiger partial charge in [-0.25, -0.2) is 9.97 Å². The molecule has 0 aliphatic rings. The molecule has 2 heterocycles. The Balaban J connectivity index is 1.41. The summed E-state index contributed by atoms with van der Waals surface area (Å²) in [7, 11) is 1.64. The van der Waals surface area contributed by atoms with Crippen molar-refractivity contribution < 1.29 is 9.53 Å². The number of para-hydroxylation sites is 1. The summed E-state index contributed by atoms with van der Waals surface area (Å²) in [6.07, 6.45) is 3.44. The number of hydrogen-bond acceptors (Lipinski definition) is 4. The van der Waals surface area contributed by atoms with Gasteiger partial charge in [0.05, 0.1) is 25.0 Å². The van der Waals surface area contributed by atoms with Crippen LogP contribution in [0.25, 0.3) is 22.2 Å². The van der Waals surface area contributed by atoms with Crippen molar-refractivity contribution in [1.82, 2.24) is 19.9 Å². The van der Waals surface area contributed by atoms with Gasteiger partial charge in [0.15, 0.2) is 0 Å². The van der Waals surface area contributed by atoms with Gasteiger partial charge in [-0.15, -0.1) is 0 Å². The summed E-state index contributed by atoms with van der Waals surface area (Å²) in [6.45, 7) is 0.619. The topological polar surface area (TPSA) is 69.0 Å². The molecule has 6 heteroatoms. The van der Waals surface area contributed by atoms with Gasteiger partial charge in [-0.05, 0) is 47.9 Å². The molecule has 0 saturated heterocycles. The predicted molar refractivity (Wildman–Crippen MR) is 108 cm³/mol. The number of nitrogens with zero attached hydrogens (tertiary/aromatic N) is 3. The maximum atomic E-state index is 12.4. The summed E-state index contributed by atoms with van der Waals surface area (Å²) in [6, 6.07) is 19.6. The predicted octanol–water partition coefficient (Wildman–Crippen LogP) is 3.42. The fraction of sp³-hybridized carbons (Fsp3) is 0.136. The van der Waals surface area contributed by atoms with E-state index in [1.807, 2.05) is 71.4 Å². The first-order chi connectivity index (χ1) is 13.7. The molecule has 0 radical (unpaired) electrons. The Morgan fingerprint density at radius 3 is 2.71 bits per heavy atom. The molecular weight excluding hydrogens is 352 g/mol. The molecule has 0 aliphatic heterocycles. The Hall–Kier alpha value is -3.67. The quantitative estimate of drug-likeness (QED) is 0.563. The van der Waals surface area contributed by atoms with E-state index in [4.69, 9.17) is 4.74 Å². The monoisotopic (exact) mass is 372 g/mol. The fourth-order valence-electron chi connectivity index (χ4n) is 3.09. The highest BCUT2D eigenvalue weighted by Crippen LogP contribution is 2.20. The van der Waals surface area contributed by atoms with Crippen molar-refractivity contribution in [1.29, 1.82) is 0 Å². The van der Waals surface area contributed by atoms with E-state index in [0.29, 0.717) is 6.54 Å². The van der Waals surface area contributed by atoms with Gasteiger partial charge in [-0.2, -0.15) is 0 Å². The summed E-state index contributed by atoms with van der Waals surface area (Å²) in [5, 5.41) is 4.05. The van der Waals surface area contributed by atoms with Gasteiger partial charge in [0.2, 0.25) is 5.91 Å². The van der Waals surface area contributed by atoms with Crippen molar-refractivity contribution >= 4 is 16.8 Å². The molecule has 4 aromatic rings. The minimum absolute atomic E-state index is 0.0639. The number of carbonyl (C=O) groups is 1. The molecule has 6 nitrogen and oxygen atoms in total. The maximum Gasteiger partial charge on any atom is 0.240 e. The summed E-state index contributed by atoms with van der Waals surface area (Å²) >= 11 is 0. The average Bonchev–Trinajstić information content (AvgIpc) is 3.15. The first-order valence-corrected chi connectivity index (χ1v) is 8.99. The molecule has 28 heavy (non-hydrogen) atoms. The van der Waals surface area contributed by atoms with Crippen molar-refractivity contribution in [2.75, 3.05) is 7.11 Å². The molecule has 2 aromatic heterocycles. The highest BCUT2D eigenvalue weighted by molar-refractivity contribution is 5.83. The van der Waals surface area contributed by atoms with Crippen molar-refractivity contribution in [2.24, 2.45) is 0 Å². The SMILES string of the molecule is COc1ccc(-c2cc(CNC(=O)Cn3ccc4ccccc43)ncn2)cc1. The number of ether oxygens (including phenoxy) is 1. The summed E-state index contributed by atoms with van der Waals surface area (Å²) in [5.74, 6) is 0.730. The van der Waals surface area contributed by atoms with Crippen LogP contribution in [-0.4, -0.2) is 27.6 Å². The van der Waals surface area contributed by atoms with Crippen LogP contribution in [0.5, 0.6) is 5.75 Å². The number of rotatable bonds is 6. The Bertz CT molecular complexity index is 1100. The number of methoxy groups -OCH3 is 1. The number of hydrogen-bond donors (Lipinski definition) is 1. The molecular formula is C22H20N4O2. The van der Waals surface area contributed by atoms with E-state index in [-0.39, 0.29) is 12.5 Å². The minimum Gasteiger partial charge on any atom is -0.497 e. The molecule has 0 spiro atoms. The lowest BCUT2D eigenvalue weighted by atomic mass is 10.1. The average molecular weight is 372 g/mol. The smallest absolute Gasteiger partial charge is 0.240 e. The second-order valence-electron chi connectivity index (χ2n) is 6.40. The van der Waals surface area contributed by atoms with Crippen LogP contribution in [0, 0.1) is 0 Å². The van der Waals surface area contributed by atoms with Gasteiger partial charge in [0.1, 0.15) is 18.6 Å². The number of aromatic nitrogens is 3. The third-order valence-corrected chi connectivity index (χ3v) is 4.57. The number of amides is 1. The summed E-state index contributed by atoms with van der Waals surface area (Å²) < 4.78 is 7.12. The molecule has 2 aromatic carbocycles. The number of fused-ring (bicyclic) bond motifs is 1. The largest absolute Gasteiger partial charge is 0.497 e. The van der Waals surface area contributed by atoms with E-state index in [2.05, 4.69) is 15.3 Å². The second kappa shape index (κ2) is 7.92.